The molecule has 1 atom stereocenters. The van der Waals surface area contributed by atoms with E-state index in [1.165, 1.54) is 56.9 Å². The van der Waals surface area contributed by atoms with Crippen molar-refractivity contribution in [3.05, 3.63) is 29.8 Å². The summed E-state index contributed by atoms with van der Waals surface area (Å²) in [5.41, 5.74) is 7.57. The highest BCUT2D eigenvalue weighted by atomic mass is 16.5. The van der Waals surface area contributed by atoms with Crippen molar-refractivity contribution in [2.45, 2.75) is 77.2 Å². The van der Waals surface area contributed by atoms with Gasteiger partial charge in [0, 0.05) is 6.04 Å². The number of hydrogen-bond donors (Lipinski definition) is 1. The lowest BCUT2D eigenvalue weighted by Crippen LogP contribution is -2.20. The quantitative estimate of drug-likeness (QED) is 0.544. The molecule has 1 aromatic rings. The number of hydrogen-bond acceptors (Lipinski definition) is 2. The molecule has 0 bridgehead atoms. The number of benzene rings is 1. The lowest BCUT2D eigenvalue weighted by atomic mass is 10.00. The van der Waals surface area contributed by atoms with Gasteiger partial charge in [0.25, 0.3) is 0 Å². The predicted molar refractivity (Wildman–Crippen MR) is 91.9 cm³/mol. The van der Waals surface area contributed by atoms with Crippen LogP contribution in [0.3, 0.4) is 0 Å². The molecule has 2 heteroatoms. The second-order valence-electron chi connectivity index (χ2n) is 6.06. The number of ether oxygens (including phenoxy) is 1. The zero-order chi connectivity index (χ0) is 15.3. The summed E-state index contributed by atoms with van der Waals surface area (Å²) < 4.78 is 5.17. The number of rotatable bonds is 12. The van der Waals surface area contributed by atoms with Crippen LogP contribution < -0.4 is 10.5 Å². The highest BCUT2D eigenvalue weighted by Crippen LogP contribution is 2.15. The van der Waals surface area contributed by atoms with Gasteiger partial charge in [-0.3, -0.25) is 0 Å². The Morgan fingerprint density at radius 2 is 1.52 bits per heavy atom. The van der Waals surface area contributed by atoms with E-state index in [9.17, 15) is 0 Å². The maximum Gasteiger partial charge on any atom is 0.118 e. The summed E-state index contributed by atoms with van der Waals surface area (Å²) in [5.74, 6) is 0.922. The Morgan fingerprint density at radius 3 is 2.14 bits per heavy atom. The fourth-order valence-electron chi connectivity index (χ4n) is 2.65. The van der Waals surface area contributed by atoms with Crippen LogP contribution in [0.2, 0.25) is 0 Å². The van der Waals surface area contributed by atoms with Crippen molar-refractivity contribution in [2.24, 2.45) is 5.73 Å². The number of nitrogens with two attached hydrogens (primary N) is 1. The molecule has 0 saturated heterocycles. The van der Waals surface area contributed by atoms with E-state index in [-0.39, 0.29) is 0 Å². The Hall–Kier alpha value is -1.02. The van der Waals surface area contributed by atoms with Crippen LogP contribution in [0.1, 0.15) is 70.3 Å². The summed E-state index contributed by atoms with van der Waals surface area (Å²) in [5, 5.41) is 0. The first kappa shape index (κ1) is 18.0. The van der Waals surface area contributed by atoms with Crippen LogP contribution in [0.25, 0.3) is 0 Å². The van der Waals surface area contributed by atoms with Gasteiger partial charge in [-0.2, -0.15) is 0 Å². The second kappa shape index (κ2) is 11.6. The van der Waals surface area contributed by atoms with Crippen LogP contribution >= 0.6 is 0 Å². The molecule has 0 heterocycles. The lowest BCUT2D eigenvalue weighted by molar-refractivity contribution is 0.414. The molecule has 1 rings (SSSR count). The van der Waals surface area contributed by atoms with Crippen LogP contribution in [0.15, 0.2) is 24.3 Å². The molecular formula is C19H33NO. The average molecular weight is 291 g/mol. The molecule has 0 saturated carbocycles. The van der Waals surface area contributed by atoms with Gasteiger partial charge in [0.05, 0.1) is 7.11 Å². The average Bonchev–Trinajstić information content (AvgIpc) is 2.52. The largest absolute Gasteiger partial charge is 0.497 e. The standard InChI is InChI=1S/C19H33NO/c1-3-4-5-6-7-8-9-10-18(20)14-11-17-12-15-19(21-2)16-13-17/h12-13,15-16,18H,3-11,14,20H2,1-2H3. The predicted octanol–water partition coefficient (Wildman–Crippen LogP) is 5.10. The summed E-state index contributed by atoms with van der Waals surface area (Å²) in [4.78, 5) is 0. The smallest absolute Gasteiger partial charge is 0.118 e. The molecule has 0 fully saturated rings. The Balaban J connectivity index is 2.03. The Morgan fingerprint density at radius 1 is 0.905 bits per heavy atom. The monoisotopic (exact) mass is 291 g/mol. The molecule has 0 aromatic heterocycles. The molecule has 2 N–H and O–H groups in total. The zero-order valence-electron chi connectivity index (χ0n) is 13.9. The van der Waals surface area contributed by atoms with E-state index in [2.05, 4.69) is 19.1 Å². The second-order valence-corrected chi connectivity index (χ2v) is 6.06. The maximum absolute atomic E-state index is 6.22. The molecule has 0 aliphatic rings. The number of aryl methyl sites for hydroxylation is 1. The van der Waals surface area contributed by atoms with E-state index >= 15 is 0 Å². The van der Waals surface area contributed by atoms with Crippen molar-refractivity contribution in [3.8, 4) is 5.75 Å². The van der Waals surface area contributed by atoms with Gasteiger partial charge < -0.3 is 10.5 Å². The van der Waals surface area contributed by atoms with Crippen LogP contribution in [0.5, 0.6) is 5.75 Å². The van der Waals surface area contributed by atoms with Crippen molar-refractivity contribution >= 4 is 0 Å². The molecule has 0 aliphatic heterocycles. The summed E-state index contributed by atoms with van der Waals surface area (Å²) >= 11 is 0. The topological polar surface area (TPSA) is 35.2 Å². The van der Waals surface area contributed by atoms with Gasteiger partial charge in [0.2, 0.25) is 0 Å². The fourth-order valence-corrected chi connectivity index (χ4v) is 2.65. The third-order valence-corrected chi connectivity index (χ3v) is 4.14. The van der Waals surface area contributed by atoms with E-state index in [0.717, 1.165) is 18.6 Å². The van der Waals surface area contributed by atoms with Gasteiger partial charge in [-0.15, -0.1) is 0 Å². The summed E-state index contributed by atoms with van der Waals surface area (Å²) in [6, 6.07) is 8.68. The SMILES string of the molecule is CCCCCCCCCC(N)CCc1ccc(OC)cc1. The minimum Gasteiger partial charge on any atom is -0.497 e. The highest BCUT2D eigenvalue weighted by Gasteiger charge is 2.03. The minimum absolute atomic E-state index is 0.350. The summed E-state index contributed by atoms with van der Waals surface area (Å²) in [6.45, 7) is 2.27. The third kappa shape index (κ3) is 8.77. The van der Waals surface area contributed by atoms with Crippen LogP contribution in [-0.2, 0) is 6.42 Å². The third-order valence-electron chi connectivity index (χ3n) is 4.14. The van der Waals surface area contributed by atoms with Crippen molar-refractivity contribution in [1.82, 2.24) is 0 Å². The molecule has 21 heavy (non-hydrogen) atoms. The Kier molecular flexibility index (Phi) is 9.98. The highest BCUT2D eigenvalue weighted by molar-refractivity contribution is 5.27. The van der Waals surface area contributed by atoms with Gasteiger partial charge in [-0.05, 0) is 37.0 Å². The van der Waals surface area contributed by atoms with Crippen molar-refractivity contribution in [1.29, 1.82) is 0 Å². The first-order chi connectivity index (χ1) is 10.3. The molecule has 120 valence electrons. The van der Waals surface area contributed by atoms with Gasteiger partial charge >= 0.3 is 0 Å². The molecular weight excluding hydrogens is 258 g/mol. The zero-order valence-corrected chi connectivity index (χ0v) is 13.9. The van der Waals surface area contributed by atoms with Crippen molar-refractivity contribution in [2.75, 3.05) is 7.11 Å². The van der Waals surface area contributed by atoms with E-state index in [4.69, 9.17) is 10.5 Å². The first-order valence-electron chi connectivity index (χ1n) is 8.64. The Bertz CT molecular complexity index is 347. The van der Waals surface area contributed by atoms with Crippen molar-refractivity contribution < 1.29 is 4.74 Å². The van der Waals surface area contributed by atoms with E-state index < -0.39 is 0 Å². The minimum atomic E-state index is 0.350. The van der Waals surface area contributed by atoms with E-state index in [0.29, 0.717) is 6.04 Å². The van der Waals surface area contributed by atoms with Crippen molar-refractivity contribution in [3.63, 3.8) is 0 Å². The van der Waals surface area contributed by atoms with Gasteiger partial charge in [-0.25, -0.2) is 0 Å². The lowest BCUT2D eigenvalue weighted by Gasteiger charge is -2.11. The first-order valence-corrected chi connectivity index (χ1v) is 8.64. The van der Waals surface area contributed by atoms with Gasteiger partial charge in [0.1, 0.15) is 5.75 Å². The molecule has 1 aromatic carbocycles. The van der Waals surface area contributed by atoms with Crippen LogP contribution in [0, 0.1) is 0 Å². The van der Waals surface area contributed by atoms with Crippen LogP contribution in [0.4, 0.5) is 0 Å². The molecule has 0 amide bonds. The van der Waals surface area contributed by atoms with E-state index in [1.54, 1.807) is 7.11 Å². The molecule has 0 spiro atoms. The molecule has 0 aliphatic carbocycles. The van der Waals surface area contributed by atoms with Gasteiger partial charge in [-0.1, -0.05) is 64.0 Å². The molecule has 0 radical (unpaired) electrons. The Labute approximate surface area is 131 Å². The summed E-state index contributed by atoms with van der Waals surface area (Å²) in [7, 11) is 1.70. The maximum atomic E-state index is 6.22. The molecule has 1 unspecified atom stereocenters. The number of unbranched alkanes of at least 4 members (excludes halogenated alkanes) is 6. The van der Waals surface area contributed by atoms with Crippen LogP contribution in [-0.4, -0.2) is 13.2 Å². The normalized spacial score (nSPS) is 12.3. The van der Waals surface area contributed by atoms with E-state index in [1.807, 2.05) is 12.1 Å². The number of methoxy groups -OCH3 is 1. The molecule has 2 nitrogen and oxygen atoms in total. The fraction of sp³-hybridized carbons (Fsp3) is 0.684. The van der Waals surface area contributed by atoms with Gasteiger partial charge in [0.15, 0.2) is 0 Å². The summed E-state index contributed by atoms with van der Waals surface area (Å²) in [6.07, 6.45) is 12.9.